The third-order valence-corrected chi connectivity index (χ3v) is 5.16. The highest BCUT2D eigenvalue weighted by Gasteiger charge is 2.16. The average molecular weight is 319 g/mol. The molecule has 1 aromatic heterocycles. The maximum absolute atomic E-state index is 2.41. The molecule has 0 unspecified atom stereocenters. The third-order valence-electron chi connectivity index (χ3n) is 5.16. The molecule has 0 amide bonds. The minimum atomic E-state index is 1.04. The van der Waals surface area contributed by atoms with E-state index in [2.05, 4.69) is 96.3 Å². The number of benzene rings is 4. The van der Waals surface area contributed by atoms with Gasteiger partial charge in [-0.05, 0) is 23.6 Å². The Morgan fingerprint density at radius 2 is 1.28 bits per heavy atom. The molecular formula is C23H18BN. The molecular weight excluding hydrogens is 301 g/mol. The van der Waals surface area contributed by atoms with Crippen LogP contribution in [-0.4, -0.2) is 11.8 Å². The van der Waals surface area contributed by atoms with E-state index in [1.807, 2.05) is 0 Å². The van der Waals surface area contributed by atoms with Gasteiger partial charge in [-0.3, -0.25) is 0 Å². The molecule has 5 aromatic rings. The minimum Gasteiger partial charge on any atom is -0.309 e. The van der Waals surface area contributed by atoms with E-state index >= 15 is 0 Å². The van der Waals surface area contributed by atoms with Crippen LogP contribution in [0.4, 0.5) is 0 Å². The summed E-state index contributed by atoms with van der Waals surface area (Å²) in [5.41, 5.74) is 5.20. The molecule has 2 heteroatoms. The molecule has 0 aliphatic heterocycles. The van der Waals surface area contributed by atoms with Gasteiger partial charge in [-0.25, -0.2) is 0 Å². The van der Waals surface area contributed by atoms with Crippen LogP contribution in [0.2, 0.25) is 6.82 Å². The molecule has 0 spiro atoms. The maximum atomic E-state index is 2.41. The second-order valence-corrected chi connectivity index (χ2v) is 6.52. The summed E-state index contributed by atoms with van der Waals surface area (Å²) < 4.78 is 2.41. The van der Waals surface area contributed by atoms with Crippen molar-refractivity contribution in [2.24, 2.45) is 0 Å². The fourth-order valence-electron chi connectivity index (χ4n) is 4.04. The van der Waals surface area contributed by atoms with Crippen LogP contribution in [0, 0.1) is 0 Å². The van der Waals surface area contributed by atoms with Crippen molar-refractivity contribution >= 4 is 45.3 Å². The Balaban J connectivity index is 2.09. The largest absolute Gasteiger partial charge is 0.309 e. The Hall–Kier alpha value is -3.00. The molecule has 25 heavy (non-hydrogen) atoms. The summed E-state index contributed by atoms with van der Waals surface area (Å²) in [7, 11) is 1.04. The van der Waals surface area contributed by atoms with Gasteiger partial charge >= 0.3 is 0 Å². The van der Waals surface area contributed by atoms with Crippen molar-refractivity contribution in [3.63, 3.8) is 0 Å². The van der Waals surface area contributed by atoms with Crippen molar-refractivity contribution in [3.8, 4) is 5.69 Å². The van der Waals surface area contributed by atoms with E-state index in [0.29, 0.717) is 0 Å². The van der Waals surface area contributed by atoms with Gasteiger partial charge in [0, 0.05) is 21.8 Å². The van der Waals surface area contributed by atoms with E-state index < -0.39 is 0 Å². The fraction of sp³-hybridized carbons (Fsp3) is 0.0435. The predicted octanol–water partition coefficient (Wildman–Crippen LogP) is 5.05. The summed E-state index contributed by atoms with van der Waals surface area (Å²) in [5, 5.41) is 5.35. The summed E-state index contributed by atoms with van der Waals surface area (Å²) in [5.74, 6) is 0. The Labute approximate surface area is 147 Å². The lowest BCUT2D eigenvalue weighted by atomic mass is 9.70. The van der Waals surface area contributed by atoms with Crippen LogP contribution >= 0.6 is 0 Å². The number of rotatable bonds is 2. The van der Waals surface area contributed by atoms with E-state index in [0.717, 1.165) is 7.28 Å². The highest BCUT2D eigenvalue weighted by atomic mass is 15.0. The summed E-state index contributed by atoms with van der Waals surface area (Å²) in [6, 6.07) is 30.6. The molecule has 0 N–H and O–H groups in total. The Morgan fingerprint density at radius 3 is 2.04 bits per heavy atom. The minimum absolute atomic E-state index is 1.04. The van der Waals surface area contributed by atoms with Gasteiger partial charge in [-0.15, -0.1) is 0 Å². The molecule has 0 aliphatic rings. The van der Waals surface area contributed by atoms with Crippen LogP contribution in [0.15, 0.2) is 84.9 Å². The fourth-order valence-corrected chi connectivity index (χ4v) is 4.04. The highest BCUT2D eigenvalue weighted by molar-refractivity contribution is 6.57. The molecule has 0 aliphatic carbocycles. The molecule has 118 valence electrons. The van der Waals surface area contributed by atoms with Gasteiger partial charge in [-0.1, -0.05) is 79.0 Å². The number of nitrogens with zero attached hydrogens (tertiary/aromatic N) is 1. The zero-order valence-electron chi connectivity index (χ0n) is 14.2. The Morgan fingerprint density at radius 1 is 0.640 bits per heavy atom. The number of fused-ring (bicyclic) bond motifs is 5. The van der Waals surface area contributed by atoms with Crippen LogP contribution < -0.4 is 5.46 Å². The summed E-state index contributed by atoms with van der Waals surface area (Å²) >= 11 is 0. The van der Waals surface area contributed by atoms with E-state index in [4.69, 9.17) is 0 Å². The van der Waals surface area contributed by atoms with Gasteiger partial charge in [0.05, 0.1) is 11.0 Å². The molecule has 1 nitrogen and oxygen atoms in total. The van der Waals surface area contributed by atoms with Gasteiger partial charge in [0.25, 0.3) is 0 Å². The number of para-hydroxylation sites is 2. The second kappa shape index (κ2) is 5.53. The zero-order valence-corrected chi connectivity index (χ0v) is 14.2. The first-order chi connectivity index (χ1) is 12.4. The lowest BCUT2D eigenvalue weighted by molar-refractivity contribution is 1.19. The van der Waals surface area contributed by atoms with Gasteiger partial charge < -0.3 is 4.57 Å². The molecule has 5 rings (SSSR count). The second-order valence-electron chi connectivity index (χ2n) is 6.52. The van der Waals surface area contributed by atoms with Crippen molar-refractivity contribution in [2.45, 2.75) is 6.82 Å². The number of hydrogen-bond acceptors (Lipinski definition) is 0. The molecule has 0 bridgehead atoms. The van der Waals surface area contributed by atoms with Crippen LogP contribution in [-0.2, 0) is 0 Å². The van der Waals surface area contributed by atoms with E-state index in [1.54, 1.807) is 0 Å². The average Bonchev–Trinajstić information content (AvgIpc) is 3.02. The molecule has 0 atom stereocenters. The number of hydrogen-bond donors (Lipinski definition) is 0. The Kier molecular flexibility index (Phi) is 3.17. The molecule has 4 aromatic carbocycles. The van der Waals surface area contributed by atoms with Gasteiger partial charge in [0.1, 0.15) is 0 Å². The van der Waals surface area contributed by atoms with Crippen molar-refractivity contribution < 1.29 is 0 Å². The Bertz CT molecular complexity index is 1220. The van der Waals surface area contributed by atoms with Crippen molar-refractivity contribution in [1.29, 1.82) is 0 Å². The van der Waals surface area contributed by atoms with E-state index in [9.17, 15) is 0 Å². The van der Waals surface area contributed by atoms with Gasteiger partial charge in [0.2, 0.25) is 0 Å². The molecule has 0 saturated carbocycles. The topological polar surface area (TPSA) is 4.93 Å². The van der Waals surface area contributed by atoms with Gasteiger partial charge in [-0.2, -0.15) is 0 Å². The van der Waals surface area contributed by atoms with Crippen LogP contribution in [0.5, 0.6) is 0 Å². The van der Waals surface area contributed by atoms with Crippen molar-refractivity contribution in [2.75, 3.05) is 0 Å². The molecule has 0 fully saturated rings. The summed E-state index contributed by atoms with van der Waals surface area (Å²) in [4.78, 5) is 0. The summed E-state index contributed by atoms with van der Waals surface area (Å²) in [6.45, 7) is 2.24. The quantitative estimate of drug-likeness (QED) is 0.401. The zero-order chi connectivity index (χ0) is 16.8. The highest BCUT2D eigenvalue weighted by Crippen LogP contribution is 2.35. The molecule has 0 saturated heterocycles. The predicted molar refractivity (Wildman–Crippen MR) is 111 cm³/mol. The van der Waals surface area contributed by atoms with Crippen LogP contribution in [0.3, 0.4) is 0 Å². The first-order valence-corrected chi connectivity index (χ1v) is 8.87. The summed E-state index contributed by atoms with van der Waals surface area (Å²) in [6.07, 6.45) is 0. The lowest BCUT2D eigenvalue weighted by Crippen LogP contribution is -2.12. The molecule has 1 heterocycles. The molecule has 0 radical (unpaired) electrons. The van der Waals surface area contributed by atoms with Crippen LogP contribution in [0.1, 0.15) is 0 Å². The smallest absolute Gasteiger partial charge is 0.155 e. The van der Waals surface area contributed by atoms with E-state index in [1.165, 1.54) is 43.7 Å². The van der Waals surface area contributed by atoms with Gasteiger partial charge in [0.15, 0.2) is 7.28 Å². The standard InChI is InChI=1S/C23H18BN/c1-24-21-15-20-18-12-7-8-14-22(18)25(16-9-3-2-4-10-16)23(20)19-13-6-5-11-17(19)21/h2-15,24H,1H3. The van der Waals surface area contributed by atoms with Crippen molar-refractivity contribution in [3.05, 3.63) is 84.9 Å². The van der Waals surface area contributed by atoms with Crippen molar-refractivity contribution in [1.82, 2.24) is 4.57 Å². The first kappa shape index (κ1) is 14.4. The van der Waals surface area contributed by atoms with E-state index in [-0.39, 0.29) is 0 Å². The number of aromatic nitrogens is 1. The van der Waals surface area contributed by atoms with Crippen LogP contribution in [0.25, 0.3) is 38.3 Å². The monoisotopic (exact) mass is 319 g/mol. The normalized spacial score (nSPS) is 11.4. The lowest BCUT2D eigenvalue weighted by Gasteiger charge is -2.11. The maximum Gasteiger partial charge on any atom is 0.155 e. The SMILES string of the molecule is CBc1cc2c3ccccc3n(-c3ccccc3)c2c2ccccc12. The third kappa shape index (κ3) is 2.04. The first-order valence-electron chi connectivity index (χ1n) is 8.87.